The van der Waals surface area contributed by atoms with Crippen LogP contribution in [0.4, 0.5) is 5.69 Å². The summed E-state index contributed by atoms with van der Waals surface area (Å²) in [7, 11) is 0. The van der Waals surface area contributed by atoms with Crippen LogP contribution in [0.2, 0.25) is 0 Å². The second kappa shape index (κ2) is 6.68. The number of esters is 1. The summed E-state index contributed by atoms with van der Waals surface area (Å²) in [6.45, 7) is 7.15. The van der Waals surface area contributed by atoms with Crippen molar-refractivity contribution in [2.75, 3.05) is 6.61 Å². The quantitative estimate of drug-likeness (QED) is 0.389. The Bertz CT molecular complexity index is 529. The number of rotatable bonds is 4. The van der Waals surface area contributed by atoms with Crippen LogP contribution in [0.25, 0.3) is 0 Å². The third-order valence-corrected chi connectivity index (χ3v) is 2.42. The van der Waals surface area contributed by atoms with Gasteiger partial charge in [-0.05, 0) is 39.3 Å². The zero-order valence-corrected chi connectivity index (χ0v) is 11.6. The van der Waals surface area contributed by atoms with E-state index >= 15 is 0 Å². The summed E-state index contributed by atoms with van der Waals surface area (Å²) in [4.78, 5) is 11.6. The minimum Gasteiger partial charge on any atom is -0.510 e. The van der Waals surface area contributed by atoms with E-state index in [-0.39, 0.29) is 18.1 Å². The molecule has 1 aromatic carbocycles. The van der Waals surface area contributed by atoms with Gasteiger partial charge in [0.05, 0.1) is 12.3 Å². The standard InChI is InChI=1S/C14H18N2O3/c1-5-19-14(18)13(11(4)17)16-15-12-7-6-9(2)8-10(12)3/h6-8,17H,5H2,1-4H3/b13-11-,16-15?. The summed E-state index contributed by atoms with van der Waals surface area (Å²) in [5.74, 6) is -0.900. The molecule has 0 unspecified atom stereocenters. The molecule has 0 fully saturated rings. The Morgan fingerprint density at radius 1 is 1.37 bits per heavy atom. The molecule has 1 rings (SSSR count). The van der Waals surface area contributed by atoms with Crippen molar-refractivity contribution >= 4 is 11.7 Å². The fourth-order valence-corrected chi connectivity index (χ4v) is 1.48. The molecule has 19 heavy (non-hydrogen) atoms. The molecule has 0 saturated heterocycles. The number of carbonyl (C=O) groups is 1. The number of hydrogen-bond acceptors (Lipinski definition) is 5. The highest BCUT2D eigenvalue weighted by Gasteiger charge is 2.13. The number of ether oxygens (including phenoxy) is 1. The van der Waals surface area contributed by atoms with Gasteiger partial charge in [-0.15, -0.1) is 10.2 Å². The maximum Gasteiger partial charge on any atom is 0.362 e. The van der Waals surface area contributed by atoms with Gasteiger partial charge in [0.15, 0.2) is 0 Å². The molecule has 5 heteroatoms. The lowest BCUT2D eigenvalue weighted by Gasteiger charge is -2.03. The molecule has 0 spiro atoms. The van der Waals surface area contributed by atoms with Crippen LogP contribution < -0.4 is 0 Å². The zero-order valence-electron chi connectivity index (χ0n) is 11.6. The van der Waals surface area contributed by atoms with Gasteiger partial charge in [-0.3, -0.25) is 0 Å². The highest BCUT2D eigenvalue weighted by molar-refractivity contribution is 5.88. The number of carbonyl (C=O) groups excluding carboxylic acids is 1. The minimum absolute atomic E-state index is 0.179. The Morgan fingerprint density at radius 3 is 2.58 bits per heavy atom. The van der Waals surface area contributed by atoms with Crippen molar-refractivity contribution in [1.29, 1.82) is 0 Å². The Labute approximate surface area is 112 Å². The predicted molar refractivity (Wildman–Crippen MR) is 72.4 cm³/mol. The fraction of sp³-hybridized carbons (Fsp3) is 0.357. The first kappa shape index (κ1) is 14.9. The number of nitrogens with zero attached hydrogens (tertiary/aromatic N) is 2. The molecular formula is C14H18N2O3. The average molecular weight is 262 g/mol. The Hall–Kier alpha value is -2.17. The SMILES string of the molecule is CCOC(=O)/C(N=Nc1ccc(C)cc1C)=C(\C)O. The maximum absolute atomic E-state index is 11.6. The molecule has 0 aliphatic rings. The van der Waals surface area contributed by atoms with E-state index in [2.05, 4.69) is 10.2 Å². The van der Waals surface area contributed by atoms with E-state index in [1.165, 1.54) is 6.92 Å². The Balaban J connectivity index is 3.00. The molecule has 1 aromatic rings. The second-order valence-corrected chi connectivity index (χ2v) is 4.14. The zero-order chi connectivity index (χ0) is 14.4. The van der Waals surface area contributed by atoms with Gasteiger partial charge in [0.25, 0.3) is 0 Å². The molecule has 0 radical (unpaired) electrons. The fourth-order valence-electron chi connectivity index (χ4n) is 1.48. The average Bonchev–Trinajstić information content (AvgIpc) is 2.31. The molecule has 102 valence electrons. The van der Waals surface area contributed by atoms with Crippen LogP contribution in [0.5, 0.6) is 0 Å². The normalized spacial score (nSPS) is 12.4. The summed E-state index contributed by atoms with van der Waals surface area (Å²) in [6.07, 6.45) is 0. The number of azo groups is 1. The monoisotopic (exact) mass is 262 g/mol. The summed E-state index contributed by atoms with van der Waals surface area (Å²) in [5, 5.41) is 17.2. The van der Waals surface area contributed by atoms with Crippen LogP contribution in [0.15, 0.2) is 39.9 Å². The molecular weight excluding hydrogens is 244 g/mol. The molecule has 0 saturated carbocycles. The van der Waals surface area contributed by atoms with E-state index in [1.807, 2.05) is 32.0 Å². The van der Waals surface area contributed by atoms with Crippen molar-refractivity contribution < 1.29 is 14.6 Å². The second-order valence-electron chi connectivity index (χ2n) is 4.14. The van der Waals surface area contributed by atoms with Gasteiger partial charge >= 0.3 is 5.97 Å². The smallest absolute Gasteiger partial charge is 0.362 e. The molecule has 0 heterocycles. The Kier molecular flexibility index (Phi) is 5.23. The van der Waals surface area contributed by atoms with E-state index in [0.29, 0.717) is 5.69 Å². The summed E-state index contributed by atoms with van der Waals surface area (Å²) < 4.78 is 4.79. The van der Waals surface area contributed by atoms with E-state index in [1.54, 1.807) is 6.92 Å². The molecule has 0 amide bonds. The van der Waals surface area contributed by atoms with Crippen molar-refractivity contribution in [3.8, 4) is 0 Å². The molecule has 0 aliphatic heterocycles. The maximum atomic E-state index is 11.6. The molecule has 0 aromatic heterocycles. The van der Waals surface area contributed by atoms with E-state index in [9.17, 15) is 9.90 Å². The van der Waals surface area contributed by atoms with Crippen molar-refractivity contribution in [2.24, 2.45) is 10.2 Å². The van der Waals surface area contributed by atoms with Crippen LogP contribution in [0.3, 0.4) is 0 Å². The summed E-state index contributed by atoms with van der Waals surface area (Å²) in [6, 6.07) is 5.68. The van der Waals surface area contributed by atoms with Gasteiger partial charge in [0.2, 0.25) is 5.70 Å². The highest BCUT2D eigenvalue weighted by atomic mass is 16.5. The lowest BCUT2D eigenvalue weighted by molar-refractivity contribution is -0.138. The van der Waals surface area contributed by atoms with Crippen LogP contribution in [-0.2, 0) is 9.53 Å². The first-order valence-corrected chi connectivity index (χ1v) is 6.01. The largest absolute Gasteiger partial charge is 0.510 e. The van der Waals surface area contributed by atoms with Crippen LogP contribution in [0.1, 0.15) is 25.0 Å². The number of aryl methyl sites for hydroxylation is 2. The number of aliphatic hydroxyl groups is 1. The van der Waals surface area contributed by atoms with E-state index in [0.717, 1.165) is 11.1 Å². The lowest BCUT2D eigenvalue weighted by atomic mass is 10.1. The van der Waals surface area contributed by atoms with Gasteiger partial charge in [0.1, 0.15) is 5.76 Å². The van der Waals surface area contributed by atoms with Gasteiger partial charge in [0, 0.05) is 0 Å². The molecule has 1 N–H and O–H groups in total. The first-order valence-electron chi connectivity index (χ1n) is 6.01. The van der Waals surface area contributed by atoms with E-state index < -0.39 is 5.97 Å². The molecule has 0 atom stereocenters. The topological polar surface area (TPSA) is 71.2 Å². The predicted octanol–water partition coefficient (Wildman–Crippen LogP) is 3.74. The van der Waals surface area contributed by atoms with Gasteiger partial charge in [-0.25, -0.2) is 4.79 Å². The van der Waals surface area contributed by atoms with Crippen molar-refractivity contribution in [3.63, 3.8) is 0 Å². The number of aliphatic hydroxyl groups excluding tert-OH is 1. The molecule has 5 nitrogen and oxygen atoms in total. The highest BCUT2D eigenvalue weighted by Crippen LogP contribution is 2.21. The summed E-state index contributed by atoms with van der Waals surface area (Å²) in [5.41, 5.74) is 2.54. The number of allylic oxidation sites excluding steroid dienone is 1. The lowest BCUT2D eigenvalue weighted by Crippen LogP contribution is -2.07. The third-order valence-electron chi connectivity index (χ3n) is 2.42. The first-order chi connectivity index (χ1) is 8.95. The minimum atomic E-state index is -0.684. The van der Waals surface area contributed by atoms with Crippen LogP contribution in [-0.4, -0.2) is 17.7 Å². The number of benzene rings is 1. The van der Waals surface area contributed by atoms with Gasteiger partial charge < -0.3 is 9.84 Å². The van der Waals surface area contributed by atoms with E-state index in [4.69, 9.17) is 4.74 Å². The van der Waals surface area contributed by atoms with Gasteiger partial charge in [-0.2, -0.15) is 0 Å². The Morgan fingerprint density at radius 2 is 2.05 bits per heavy atom. The van der Waals surface area contributed by atoms with Crippen molar-refractivity contribution in [2.45, 2.75) is 27.7 Å². The molecule has 0 bridgehead atoms. The number of hydrogen-bond donors (Lipinski definition) is 1. The van der Waals surface area contributed by atoms with Gasteiger partial charge in [-0.1, -0.05) is 17.7 Å². The van der Waals surface area contributed by atoms with Crippen molar-refractivity contribution in [3.05, 3.63) is 40.8 Å². The van der Waals surface area contributed by atoms with Crippen LogP contribution in [0, 0.1) is 13.8 Å². The third kappa shape index (κ3) is 4.21. The summed E-state index contributed by atoms with van der Waals surface area (Å²) >= 11 is 0. The van der Waals surface area contributed by atoms with Crippen LogP contribution >= 0.6 is 0 Å². The van der Waals surface area contributed by atoms with Crippen molar-refractivity contribution in [1.82, 2.24) is 0 Å². The molecule has 0 aliphatic carbocycles.